The molecule has 0 radical (unpaired) electrons. The number of aryl methyl sites for hydroxylation is 1. The lowest BCUT2D eigenvalue weighted by Gasteiger charge is -2.18. The Bertz CT molecular complexity index is 581. The van der Waals surface area contributed by atoms with E-state index in [-0.39, 0.29) is 18.4 Å². The zero-order chi connectivity index (χ0) is 16.0. The fourth-order valence-electron chi connectivity index (χ4n) is 1.70. The molecule has 0 fully saturated rings. The minimum absolute atomic E-state index is 0.0133. The Morgan fingerprint density at radius 1 is 1.48 bits per heavy atom. The number of nitrogens with two attached hydrogens (primary N) is 1. The fourth-order valence-corrected chi connectivity index (χ4v) is 2.65. The lowest BCUT2D eigenvalue weighted by atomic mass is 10.0. The van der Waals surface area contributed by atoms with Gasteiger partial charge < -0.3 is 16.2 Å². The Kier molecular flexibility index (Phi) is 6.40. The van der Waals surface area contributed by atoms with Crippen LogP contribution in [0.2, 0.25) is 0 Å². The Labute approximate surface area is 128 Å². The zero-order valence-electron chi connectivity index (χ0n) is 12.4. The molecule has 0 spiro atoms. The van der Waals surface area contributed by atoms with Crippen molar-refractivity contribution < 1.29 is 14.7 Å². The van der Waals surface area contributed by atoms with E-state index in [0.717, 1.165) is 10.4 Å². The first-order valence-corrected chi connectivity index (χ1v) is 7.48. The molecule has 1 atom stereocenters. The lowest BCUT2D eigenvalue weighted by Crippen LogP contribution is -2.47. The minimum atomic E-state index is -0.691. The van der Waals surface area contributed by atoms with E-state index in [1.54, 1.807) is 6.07 Å². The molecule has 5 nitrogen and oxygen atoms in total. The summed E-state index contributed by atoms with van der Waals surface area (Å²) in [5.74, 6) is 4.81. The Morgan fingerprint density at radius 2 is 2.14 bits per heavy atom. The number of amides is 2. The predicted molar refractivity (Wildman–Crippen MR) is 82.9 cm³/mol. The first kappa shape index (κ1) is 17.2. The van der Waals surface area contributed by atoms with E-state index in [4.69, 9.17) is 10.8 Å². The van der Waals surface area contributed by atoms with Gasteiger partial charge in [0, 0.05) is 6.42 Å². The molecule has 1 unspecified atom stereocenters. The normalized spacial score (nSPS) is 11.7. The van der Waals surface area contributed by atoms with Crippen molar-refractivity contribution >= 4 is 23.2 Å². The topological polar surface area (TPSA) is 92.4 Å². The molecule has 0 aromatic carbocycles. The highest BCUT2D eigenvalue weighted by molar-refractivity contribution is 7.14. The van der Waals surface area contributed by atoms with Crippen molar-refractivity contribution in [2.45, 2.75) is 33.2 Å². The molecule has 21 heavy (non-hydrogen) atoms. The first-order valence-electron chi connectivity index (χ1n) is 6.67. The molecule has 114 valence electrons. The molecule has 0 saturated carbocycles. The van der Waals surface area contributed by atoms with Gasteiger partial charge in [0.05, 0.1) is 16.4 Å². The second-order valence-electron chi connectivity index (χ2n) is 5.00. The summed E-state index contributed by atoms with van der Waals surface area (Å²) in [5, 5.41) is 11.4. The van der Waals surface area contributed by atoms with E-state index in [9.17, 15) is 9.59 Å². The summed E-state index contributed by atoms with van der Waals surface area (Å²) in [7, 11) is 0. The van der Waals surface area contributed by atoms with Crippen molar-refractivity contribution in [3.63, 3.8) is 0 Å². The molecule has 2 amide bonds. The van der Waals surface area contributed by atoms with Gasteiger partial charge in [0.15, 0.2) is 0 Å². The van der Waals surface area contributed by atoms with Gasteiger partial charge in [-0.15, -0.1) is 11.3 Å². The second-order valence-corrected chi connectivity index (χ2v) is 6.05. The van der Waals surface area contributed by atoms with Crippen molar-refractivity contribution in [2.75, 3.05) is 6.61 Å². The average molecular weight is 308 g/mol. The van der Waals surface area contributed by atoms with Gasteiger partial charge in [-0.2, -0.15) is 0 Å². The fraction of sp³-hybridized carbons (Fsp3) is 0.467. The van der Waals surface area contributed by atoms with Crippen molar-refractivity contribution in [3.8, 4) is 11.8 Å². The van der Waals surface area contributed by atoms with Crippen LogP contribution in [-0.2, 0) is 4.79 Å². The molecule has 0 bridgehead atoms. The van der Waals surface area contributed by atoms with Crippen molar-refractivity contribution in [1.82, 2.24) is 5.32 Å². The largest absolute Gasteiger partial charge is 0.395 e. The standard InChI is InChI=1S/C15H20N2O3S/c1-9(2)13(14(16)19)17-15(20)12-8-10(3)11(21-12)6-4-5-7-18/h8-9,13,18H,5,7H2,1-3H3,(H2,16,19)(H,17,20). The number of primary amides is 1. The number of hydrogen-bond donors (Lipinski definition) is 3. The third kappa shape index (κ3) is 4.88. The van der Waals surface area contributed by atoms with Crippen LogP contribution in [0.3, 0.4) is 0 Å². The van der Waals surface area contributed by atoms with E-state index in [1.807, 2.05) is 20.8 Å². The number of aliphatic hydroxyl groups excluding tert-OH is 1. The van der Waals surface area contributed by atoms with E-state index in [2.05, 4.69) is 17.2 Å². The van der Waals surface area contributed by atoms with Crippen LogP contribution in [0.15, 0.2) is 6.07 Å². The quantitative estimate of drug-likeness (QED) is 0.709. The number of thiophene rings is 1. The van der Waals surface area contributed by atoms with Gasteiger partial charge in [-0.3, -0.25) is 9.59 Å². The van der Waals surface area contributed by atoms with Gasteiger partial charge in [-0.25, -0.2) is 0 Å². The van der Waals surface area contributed by atoms with Gasteiger partial charge in [0.2, 0.25) is 5.91 Å². The third-order valence-electron chi connectivity index (χ3n) is 2.84. The maximum atomic E-state index is 12.2. The van der Waals surface area contributed by atoms with Crippen LogP contribution in [0.4, 0.5) is 0 Å². The van der Waals surface area contributed by atoms with Gasteiger partial charge in [-0.05, 0) is 24.5 Å². The van der Waals surface area contributed by atoms with E-state index >= 15 is 0 Å². The monoisotopic (exact) mass is 308 g/mol. The van der Waals surface area contributed by atoms with Crippen LogP contribution < -0.4 is 11.1 Å². The Morgan fingerprint density at radius 3 is 2.67 bits per heavy atom. The van der Waals surface area contributed by atoms with Crippen LogP contribution in [0, 0.1) is 24.7 Å². The smallest absolute Gasteiger partial charge is 0.262 e. The van der Waals surface area contributed by atoms with Gasteiger partial charge in [0.1, 0.15) is 6.04 Å². The summed E-state index contributed by atoms with van der Waals surface area (Å²) in [6, 6.07) is 1.05. The van der Waals surface area contributed by atoms with Crippen LogP contribution in [0.5, 0.6) is 0 Å². The zero-order valence-corrected chi connectivity index (χ0v) is 13.2. The van der Waals surface area contributed by atoms with E-state index in [1.165, 1.54) is 11.3 Å². The third-order valence-corrected chi connectivity index (χ3v) is 3.99. The Hall–Kier alpha value is -1.84. The molecule has 0 aliphatic heterocycles. The highest BCUT2D eigenvalue weighted by Crippen LogP contribution is 2.21. The summed E-state index contributed by atoms with van der Waals surface area (Å²) in [5.41, 5.74) is 6.18. The highest BCUT2D eigenvalue weighted by atomic mass is 32.1. The minimum Gasteiger partial charge on any atom is -0.395 e. The van der Waals surface area contributed by atoms with Crippen molar-refractivity contribution in [1.29, 1.82) is 0 Å². The molecule has 1 aromatic heterocycles. The molecule has 1 heterocycles. The molecule has 1 rings (SSSR count). The number of hydrogen-bond acceptors (Lipinski definition) is 4. The molecule has 0 saturated heterocycles. The first-order chi connectivity index (χ1) is 9.86. The molecule has 6 heteroatoms. The van der Waals surface area contributed by atoms with E-state index in [0.29, 0.717) is 11.3 Å². The predicted octanol–water partition coefficient (Wildman–Crippen LogP) is 1.03. The molecule has 4 N–H and O–H groups in total. The van der Waals surface area contributed by atoms with Crippen LogP contribution in [0.1, 0.15) is 40.4 Å². The summed E-state index contributed by atoms with van der Waals surface area (Å²) >= 11 is 1.26. The van der Waals surface area contributed by atoms with E-state index < -0.39 is 11.9 Å². The van der Waals surface area contributed by atoms with Gasteiger partial charge in [0.25, 0.3) is 5.91 Å². The van der Waals surface area contributed by atoms with Crippen molar-refractivity contribution in [3.05, 3.63) is 21.4 Å². The highest BCUT2D eigenvalue weighted by Gasteiger charge is 2.23. The Balaban J connectivity index is 2.87. The maximum Gasteiger partial charge on any atom is 0.262 e. The summed E-state index contributed by atoms with van der Waals surface area (Å²) in [6.07, 6.45) is 0.399. The number of nitrogens with one attached hydrogen (secondary N) is 1. The number of aliphatic hydroxyl groups is 1. The summed E-state index contributed by atoms with van der Waals surface area (Å²) in [4.78, 5) is 24.8. The molecule has 0 aliphatic rings. The second kappa shape index (κ2) is 7.81. The van der Waals surface area contributed by atoms with Crippen LogP contribution in [0.25, 0.3) is 0 Å². The van der Waals surface area contributed by atoms with Gasteiger partial charge in [-0.1, -0.05) is 25.7 Å². The number of rotatable bonds is 5. The van der Waals surface area contributed by atoms with Crippen LogP contribution >= 0.6 is 11.3 Å². The molecule has 0 aliphatic carbocycles. The summed E-state index contributed by atoms with van der Waals surface area (Å²) in [6.45, 7) is 5.52. The van der Waals surface area contributed by atoms with Crippen molar-refractivity contribution in [2.24, 2.45) is 11.7 Å². The molecule has 1 aromatic rings. The van der Waals surface area contributed by atoms with Crippen LogP contribution in [-0.4, -0.2) is 29.6 Å². The van der Waals surface area contributed by atoms with Gasteiger partial charge >= 0.3 is 0 Å². The summed E-state index contributed by atoms with van der Waals surface area (Å²) < 4.78 is 0. The molecular formula is C15H20N2O3S. The maximum absolute atomic E-state index is 12.2. The number of carbonyl (C=O) groups is 2. The molecular weight excluding hydrogens is 288 g/mol. The average Bonchev–Trinajstić information content (AvgIpc) is 2.77. The SMILES string of the molecule is Cc1cc(C(=O)NC(C(N)=O)C(C)C)sc1C#CCCO. The number of carbonyl (C=O) groups excluding carboxylic acids is 2. The lowest BCUT2D eigenvalue weighted by molar-refractivity contribution is -0.120.